The number of sulfone groups is 1. The van der Waals surface area contributed by atoms with Crippen LogP contribution in [0.1, 0.15) is 47.0 Å². The number of likely N-dealkylation sites (tertiary alicyclic amines) is 1. The van der Waals surface area contributed by atoms with Gasteiger partial charge in [0.15, 0.2) is 9.84 Å². The highest BCUT2D eigenvalue weighted by atomic mass is 32.2. The molecule has 1 saturated heterocycles. The minimum Gasteiger partial charge on any atom is -0.314 e. The van der Waals surface area contributed by atoms with Crippen LogP contribution in [-0.2, 0) is 9.84 Å². The summed E-state index contributed by atoms with van der Waals surface area (Å²) in [4.78, 5) is 2.31. The fraction of sp³-hybridized carbons (Fsp3) is 1.00. The topological polar surface area (TPSA) is 49.4 Å². The smallest absolute Gasteiger partial charge is 0.153 e. The van der Waals surface area contributed by atoms with Crippen LogP contribution in [0, 0.1) is 5.92 Å². The van der Waals surface area contributed by atoms with E-state index in [2.05, 4.69) is 24.1 Å². The van der Waals surface area contributed by atoms with Crippen molar-refractivity contribution < 1.29 is 8.42 Å². The van der Waals surface area contributed by atoms with Crippen molar-refractivity contribution in [2.24, 2.45) is 5.92 Å². The lowest BCUT2D eigenvalue weighted by molar-refractivity contribution is 0.169. The zero-order chi connectivity index (χ0) is 15.2. The van der Waals surface area contributed by atoms with Gasteiger partial charge in [0.2, 0.25) is 0 Å². The Hall–Kier alpha value is -0.130. The summed E-state index contributed by atoms with van der Waals surface area (Å²) in [5.41, 5.74) is 0. The second kappa shape index (κ2) is 8.35. The van der Waals surface area contributed by atoms with Crippen LogP contribution in [0.15, 0.2) is 0 Å². The molecular weight excluding hydrogens is 272 g/mol. The van der Waals surface area contributed by atoms with E-state index in [1.54, 1.807) is 13.8 Å². The molecule has 1 N–H and O–H groups in total. The second-order valence-corrected chi connectivity index (χ2v) is 9.01. The molecule has 0 aromatic rings. The van der Waals surface area contributed by atoms with E-state index in [0.717, 1.165) is 25.6 Å². The lowest BCUT2D eigenvalue weighted by Crippen LogP contribution is -2.43. The molecule has 4 nitrogen and oxygen atoms in total. The van der Waals surface area contributed by atoms with Gasteiger partial charge in [-0.15, -0.1) is 0 Å². The van der Waals surface area contributed by atoms with Crippen molar-refractivity contribution in [2.75, 3.05) is 31.9 Å². The predicted octanol–water partition coefficient (Wildman–Crippen LogP) is 1.91. The van der Waals surface area contributed by atoms with Crippen LogP contribution in [0.5, 0.6) is 0 Å². The molecule has 1 atom stereocenters. The highest BCUT2D eigenvalue weighted by Gasteiger charge is 2.25. The summed E-state index contributed by atoms with van der Waals surface area (Å²) in [7, 11) is -2.89. The standard InChI is InChI=1S/C15H32N2O2S/c1-5-8-16-14(4)15-6-9-17(10-7-15)11-12-20(18,19)13(2)3/h13-16H,5-12H2,1-4H3. The first-order valence-corrected chi connectivity index (χ1v) is 9.75. The molecule has 0 aromatic carbocycles. The minimum absolute atomic E-state index is 0.252. The van der Waals surface area contributed by atoms with E-state index in [1.807, 2.05) is 0 Å². The van der Waals surface area contributed by atoms with Crippen molar-refractivity contribution in [1.82, 2.24) is 10.2 Å². The van der Waals surface area contributed by atoms with E-state index >= 15 is 0 Å². The van der Waals surface area contributed by atoms with Gasteiger partial charge in [0.05, 0.1) is 11.0 Å². The Morgan fingerprint density at radius 3 is 2.30 bits per heavy atom. The molecule has 0 bridgehead atoms. The normalized spacial score (nSPS) is 20.4. The third-order valence-electron chi connectivity index (χ3n) is 4.47. The summed E-state index contributed by atoms with van der Waals surface area (Å²) >= 11 is 0. The van der Waals surface area contributed by atoms with Gasteiger partial charge in [-0.2, -0.15) is 0 Å². The Labute approximate surface area is 125 Å². The van der Waals surface area contributed by atoms with Crippen LogP contribution in [0.2, 0.25) is 0 Å². The quantitative estimate of drug-likeness (QED) is 0.744. The molecule has 1 rings (SSSR count). The molecule has 1 heterocycles. The van der Waals surface area contributed by atoms with E-state index in [4.69, 9.17) is 0 Å². The molecule has 1 unspecified atom stereocenters. The Balaban J connectivity index is 2.29. The van der Waals surface area contributed by atoms with Crippen LogP contribution < -0.4 is 5.32 Å². The Bertz CT molecular complexity index is 360. The first-order valence-electron chi connectivity index (χ1n) is 8.04. The number of nitrogens with zero attached hydrogens (tertiary/aromatic N) is 1. The Kier molecular flexibility index (Phi) is 7.48. The van der Waals surface area contributed by atoms with Gasteiger partial charge in [-0.3, -0.25) is 0 Å². The third-order valence-corrected chi connectivity index (χ3v) is 6.65. The van der Waals surface area contributed by atoms with Gasteiger partial charge in [0.25, 0.3) is 0 Å². The first kappa shape index (κ1) is 17.9. The van der Waals surface area contributed by atoms with Crippen molar-refractivity contribution in [1.29, 1.82) is 0 Å². The van der Waals surface area contributed by atoms with Gasteiger partial charge < -0.3 is 10.2 Å². The van der Waals surface area contributed by atoms with Crippen molar-refractivity contribution in [3.05, 3.63) is 0 Å². The molecule has 0 saturated carbocycles. The van der Waals surface area contributed by atoms with Crippen LogP contribution >= 0.6 is 0 Å². The van der Waals surface area contributed by atoms with Gasteiger partial charge in [0, 0.05) is 12.6 Å². The number of hydrogen-bond donors (Lipinski definition) is 1. The van der Waals surface area contributed by atoms with Crippen LogP contribution in [0.3, 0.4) is 0 Å². The van der Waals surface area contributed by atoms with Gasteiger partial charge in [-0.05, 0) is 65.6 Å². The van der Waals surface area contributed by atoms with Gasteiger partial charge in [-0.1, -0.05) is 6.92 Å². The molecule has 0 radical (unpaired) electrons. The average Bonchev–Trinajstić information content (AvgIpc) is 2.43. The maximum Gasteiger partial charge on any atom is 0.153 e. The lowest BCUT2D eigenvalue weighted by Gasteiger charge is -2.35. The summed E-state index contributed by atoms with van der Waals surface area (Å²) in [6.45, 7) is 11.9. The van der Waals surface area contributed by atoms with Crippen LogP contribution in [0.4, 0.5) is 0 Å². The summed E-state index contributed by atoms with van der Waals surface area (Å²) in [5, 5.41) is 3.32. The van der Waals surface area contributed by atoms with Crippen molar-refractivity contribution in [3.63, 3.8) is 0 Å². The summed E-state index contributed by atoms with van der Waals surface area (Å²) in [6.07, 6.45) is 3.54. The van der Waals surface area contributed by atoms with Gasteiger partial charge >= 0.3 is 0 Å². The highest BCUT2D eigenvalue weighted by molar-refractivity contribution is 7.92. The summed E-state index contributed by atoms with van der Waals surface area (Å²) < 4.78 is 23.7. The average molecular weight is 305 g/mol. The van der Waals surface area contributed by atoms with Crippen molar-refractivity contribution >= 4 is 9.84 Å². The maximum absolute atomic E-state index is 11.8. The molecule has 0 aromatic heterocycles. The van der Waals surface area contributed by atoms with Gasteiger partial charge in [-0.25, -0.2) is 8.42 Å². The van der Waals surface area contributed by atoms with E-state index in [0.29, 0.717) is 18.3 Å². The van der Waals surface area contributed by atoms with E-state index in [-0.39, 0.29) is 5.25 Å². The summed E-state index contributed by atoms with van der Waals surface area (Å²) in [5.74, 6) is 1.04. The molecule has 1 fully saturated rings. The fourth-order valence-corrected chi connectivity index (χ4v) is 3.69. The fourth-order valence-electron chi connectivity index (χ4n) is 2.71. The zero-order valence-corrected chi connectivity index (χ0v) is 14.4. The molecular formula is C15H32N2O2S. The number of hydrogen-bond acceptors (Lipinski definition) is 4. The van der Waals surface area contributed by atoms with E-state index in [1.165, 1.54) is 19.3 Å². The number of piperidine rings is 1. The Morgan fingerprint density at radius 2 is 1.80 bits per heavy atom. The number of rotatable bonds is 8. The van der Waals surface area contributed by atoms with Crippen molar-refractivity contribution in [2.45, 2.75) is 58.2 Å². The van der Waals surface area contributed by atoms with Crippen molar-refractivity contribution in [3.8, 4) is 0 Å². The monoisotopic (exact) mass is 304 g/mol. The van der Waals surface area contributed by atoms with Gasteiger partial charge in [0.1, 0.15) is 0 Å². The van der Waals surface area contributed by atoms with E-state index < -0.39 is 9.84 Å². The molecule has 0 spiro atoms. The second-order valence-electron chi connectivity index (χ2n) is 6.34. The molecule has 1 aliphatic rings. The Morgan fingerprint density at radius 1 is 1.20 bits per heavy atom. The third kappa shape index (κ3) is 5.70. The molecule has 5 heteroatoms. The summed E-state index contributed by atoms with van der Waals surface area (Å²) in [6, 6.07) is 0.580. The van der Waals surface area contributed by atoms with E-state index in [9.17, 15) is 8.42 Å². The molecule has 0 aliphatic carbocycles. The zero-order valence-electron chi connectivity index (χ0n) is 13.6. The van der Waals surface area contributed by atoms with Crippen LogP contribution in [-0.4, -0.2) is 56.5 Å². The molecule has 20 heavy (non-hydrogen) atoms. The lowest BCUT2D eigenvalue weighted by atomic mass is 9.90. The number of nitrogens with one attached hydrogen (secondary N) is 1. The minimum atomic E-state index is -2.89. The van der Waals surface area contributed by atoms with Crippen LogP contribution in [0.25, 0.3) is 0 Å². The molecule has 0 amide bonds. The predicted molar refractivity (Wildman–Crippen MR) is 85.8 cm³/mol. The molecule has 120 valence electrons. The largest absolute Gasteiger partial charge is 0.314 e. The SMILES string of the molecule is CCCNC(C)C1CCN(CCS(=O)(=O)C(C)C)CC1. The molecule has 1 aliphatic heterocycles. The highest BCUT2D eigenvalue weighted by Crippen LogP contribution is 2.20. The first-order chi connectivity index (χ1) is 9.36. The maximum atomic E-state index is 11.8.